The zero-order chi connectivity index (χ0) is 14.0. The van der Waals surface area contributed by atoms with Crippen LogP contribution in [0.1, 0.15) is 25.7 Å². The molecule has 0 radical (unpaired) electrons. The van der Waals surface area contributed by atoms with Gasteiger partial charge in [-0.15, -0.1) is 0 Å². The van der Waals surface area contributed by atoms with Crippen LogP contribution in [0, 0.1) is 5.82 Å². The van der Waals surface area contributed by atoms with Crippen LogP contribution in [-0.2, 0) is 10.0 Å². The second-order valence-corrected chi connectivity index (χ2v) is 6.74. The van der Waals surface area contributed by atoms with E-state index in [-0.39, 0.29) is 9.92 Å². The Balaban J connectivity index is 2.22. The molecule has 0 heterocycles. The Labute approximate surface area is 116 Å². The number of benzene rings is 1. The van der Waals surface area contributed by atoms with Crippen LogP contribution >= 0.6 is 11.6 Å². The van der Waals surface area contributed by atoms with Crippen LogP contribution < -0.4 is 4.72 Å². The molecule has 7 heteroatoms. The summed E-state index contributed by atoms with van der Waals surface area (Å²) in [6.07, 6.45) is 2.21. The van der Waals surface area contributed by atoms with Crippen LogP contribution in [0.5, 0.6) is 0 Å². The first-order valence-corrected chi connectivity index (χ1v) is 7.92. The first-order valence-electron chi connectivity index (χ1n) is 6.05. The highest BCUT2D eigenvalue weighted by Crippen LogP contribution is 2.25. The van der Waals surface area contributed by atoms with Crippen molar-refractivity contribution in [2.45, 2.75) is 42.7 Å². The molecule has 106 valence electrons. The average Bonchev–Trinajstić information content (AvgIpc) is 2.31. The van der Waals surface area contributed by atoms with Crippen LogP contribution in [-0.4, -0.2) is 25.7 Å². The van der Waals surface area contributed by atoms with Crippen LogP contribution in [0.3, 0.4) is 0 Å². The first-order chi connectivity index (χ1) is 8.90. The molecule has 1 fully saturated rings. The summed E-state index contributed by atoms with van der Waals surface area (Å²) in [4.78, 5) is -0.173. The van der Waals surface area contributed by atoms with Gasteiger partial charge in [0.25, 0.3) is 0 Å². The molecule has 1 aliphatic carbocycles. The van der Waals surface area contributed by atoms with Crippen molar-refractivity contribution in [3.63, 3.8) is 0 Å². The second kappa shape index (κ2) is 5.75. The molecule has 0 saturated heterocycles. The third-order valence-corrected chi connectivity index (χ3v) is 5.19. The van der Waals surface area contributed by atoms with Crippen LogP contribution in [0.15, 0.2) is 23.1 Å². The fraction of sp³-hybridized carbons (Fsp3) is 0.500. The van der Waals surface area contributed by atoms with E-state index in [0.717, 1.165) is 31.0 Å². The lowest BCUT2D eigenvalue weighted by Crippen LogP contribution is -2.45. The lowest BCUT2D eigenvalue weighted by atomic mass is 9.93. The molecule has 0 aliphatic heterocycles. The lowest BCUT2D eigenvalue weighted by molar-refractivity contribution is 0.101. The molecule has 2 rings (SSSR count). The normalized spacial score (nSPS) is 24.4. The van der Waals surface area contributed by atoms with E-state index in [1.54, 1.807) is 0 Å². The van der Waals surface area contributed by atoms with Crippen molar-refractivity contribution in [3.05, 3.63) is 29.0 Å². The molecule has 1 aromatic rings. The molecule has 2 atom stereocenters. The quantitative estimate of drug-likeness (QED) is 0.898. The summed E-state index contributed by atoms with van der Waals surface area (Å²) in [6.45, 7) is 0. The Morgan fingerprint density at radius 2 is 2.00 bits per heavy atom. The number of rotatable bonds is 3. The van der Waals surface area contributed by atoms with Gasteiger partial charge in [0.15, 0.2) is 0 Å². The molecule has 0 amide bonds. The summed E-state index contributed by atoms with van der Waals surface area (Å²) >= 11 is 5.75. The fourth-order valence-corrected chi connectivity index (χ4v) is 4.04. The fourth-order valence-electron chi connectivity index (χ4n) is 2.20. The minimum absolute atomic E-state index is 0.169. The maximum absolute atomic E-state index is 12.9. The van der Waals surface area contributed by atoms with Gasteiger partial charge in [0.05, 0.1) is 11.1 Å². The SMILES string of the molecule is O=S(=O)(N[C@H]1CCCC[C@@H]1O)c1ccc(F)cc1Cl. The summed E-state index contributed by atoms with van der Waals surface area (Å²) in [6, 6.07) is 2.60. The molecule has 0 aromatic heterocycles. The Hall–Kier alpha value is -0.690. The van der Waals surface area contributed by atoms with E-state index in [9.17, 15) is 17.9 Å². The topological polar surface area (TPSA) is 66.4 Å². The van der Waals surface area contributed by atoms with Crippen molar-refractivity contribution in [1.82, 2.24) is 4.72 Å². The maximum Gasteiger partial charge on any atom is 0.242 e. The van der Waals surface area contributed by atoms with Crippen molar-refractivity contribution in [2.24, 2.45) is 0 Å². The number of aliphatic hydroxyl groups excluding tert-OH is 1. The second-order valence-electron chi connectivity index (χ2n) is 4.65. The summed E-state index contributed by atoms with van der Waals surface area (Å²) < 4.78 is 39.7. The van der Waals surface area contributed by atoms with E-state index in [1.165, 1.54) is 0 Å². The van der Waals surface area contributed by atoms with Crippen molar-refractivity contribution < 1.29 is 17.9 Å². The van der Waals surface area contributed by atoms with Crippen LogP contribution in [0.4, 0.5) is 4.39 Å². The highest BCUT2D eigenvalue weighted by Gasteiger charge is 2.29. The third-order valence-electron chi connectivity index (χ3n) is 3.22. The average molecular weight is 308 g/mol. The highest BCUT2D eigenvalue weighted by molar-refractivity contribution is 7.89. The number of aliphatic hydroxyl groups is 1. The number of halogens is 2. The van der Waals surface area contributed by atoms with Gasteiger partial charge in [0, 0.05) is 6.04 Å². The molecule has 4 nitrogen and oxygen atoms in total. The zero-order valence-electron chi connectivity index (χ0n) is 10.1. The van der Waals surface area contributed by atoms with Crippen molar-refractivity contribution in [2.75, 3.05) is 0 Å². The van der Waals surface area contributed by atoms with E-state index in [2.05, 4.69) is 4.72 Å². The monoisotopic (exact) mass is 307 g/mol. The molecular formula is C12H15ClFNO3S. The van der Waals surface area contributed by atoms with Gasteiger partial charge in [-0.1, -0.05) is 24.4 Å². The molecule has 0 spiro atoms. The van der Waals surface area contributed by atoms with Crippen LogP contribution in [0.2, 0.25) is 5.02 Å². The Morgan fingerprint density at radius 3 is 2.63 bits per heavy atom. The molecule has 1 aliphatic rings. The van der Waals surface area contributed by atoms with E-state index in [0.29, 0.717) is 12.8 Å². The standard InChI is InChI=1S/C12H15ClFNO3S/c13-9-7-8(14)5-6-12(9)19(17,18)15-10-3-1-2-4-11(10)16/h5-7,10-11,15-16H,1-4H2/t10-,11-/m0/s1. The third kappa shape index (κ3) is 3.45. The predicted molar refractivity (Wildman–Crippen MR) is 70.0 cm³/mol. The Morgan fingerprint density at radius 1 is 1.32 bits per heavy atom. The molecule has 2 N–H and O–H groups in total. The van der Waals surface area contributed by atoms with Crippen molar-refractivity contribution in [3.8, 4) is 0 Å². The van der Waals surface area contributed by atoms with E-state index in [1.807, 2.05) is 0 Å². The van der Waals surface area contributed by atoms with Gasteiger partial charge in [-0.3, -0.25) is 0 Å². The predicted octanol–water partition coefficient (Wildman–Crippen LogP) is 2.06. The van der Waals surface area contributed by atoms with Crippen molar-refractivity contribution in [1.29, 1.82) is 0 Å². The number of hydrogen-bond acceptors (Lipinski definition) is 3. The molecule has 1 aromatic carbocycles. The van der Waals surface area contributed by atoms with Crippen LogP contribution in [0.25, 0.3) is 0 Å². The highest BCUT2D eigenvalue weighted by atomic mass is 35.5. The van der Waals surface area contributed by atoms with Gasteiger partial charge >= 0.3 is 0 Å². The summed E-state index contributed by atoms with van der Waals surface area (Å²) in [5.74, 6) is -0.596. The molecule has 19 heavy (non-hydrogen) atoms. The van der Waals surface area contributed by atoms with E-state index < -0.39 is 28.0 Å². The lowest BCUT2D eigenvalue weighted by Gasteiger charge is -2.28. The summed E-state index contributed by atoms with van der Waals surface area (Å²) in [5.41, 5.74) is 0. The van der Waals surface area contributed by atoms with E-state index >= 15 is 0 Å². The molecule has 1 saturated carbocycles. The number of hydrogen-bond donors (Lipinski definition) is 2. The minimum Gasteiger partial charge on any atom is -0.391 e. The number of sulfonamides is 1. The number of nitrogens with one attached hydrogen (secondary N) is 1. The maximum atomic E-state index is 12.9. The van der Waals surface area contributed by atoms with Crippen molar-refractivity contribution >= 4 is 21.6 Å². The van der Waals surface area contributed by atoms with E-state index in [4.69, 9.17) is 11.6 Å². The molecule has 0 unspecified atom stereocenters. The van der Waals surface area contributed by atoms with Gasteiger partial charge in [0.1, 0.15) is 10.7 Å². The largest absolute Gasteiger partial charge is 0.391 e. The smallest absolute Gasteiger partial charge is 0.242 e. The Kier molecular flexibility index (Phi) is 4.45. The van der Waals surface area contributed by atoms with Gasteiger partial charge in [-0.05, 0) is 31.0 Å². The zero-order valence-corrected chi connectivity index (χ0v) is 11.7. The summed E-state index contributed by atoms with van der Waals surface area (Å²) in [7, 11) is -3.85. The molecule has 0 bridgehead atoms. The first kappa shape index (κ1) is 14.7. The van der Waals surface area contributed by atoms with Gasteiger partial charge in [-0.2, -0.15) is 0 Å². The minimum atomic E-state index is -3.85. The van der Waals surface area contributed by atoms with Gasteiger partial charge < -0.3 is 5.11 Å². The van der Waals surface area contributed by atoms with Gasteiger partial charge in [-0.25, -0.2) is 17.5 Å². The summed E-state index contributed by atoms with van der Waals surface area (Å²) in [5, 5.41) is 9.60. The van der Waals surface area contributed by atoms with Gasteiger partial charge in [0.2, 0.25) is 10.0 Å². The molecular weight excluding hydrogens is 293 g/mol. The Bertz CT molecular complexity index is 564.